The van der Waals surface area contributed by atoms with E-state index < -0.39 is 17.4 Å². The summed E-state index contributed by atoms with van der Waals surface area (Å²) in [5, 5.41) is 4.28. The zero-order valence-corrected chi connectivity index (χ0v) is 19.4. The van der Waals surface area contributed by atoms with Crippen LogP contribution >= 0.6 is 0 Å². The molecule has 0 saturated carbocycles. The van der Waals surface area contributed by atoms with Gasteiger partial charge in [-0.05, 0) is 31.0 Å². The van der Waals surface area contributed by atoms with Gasteiger partial charge in [0, 0.05) is 43.3 Å². The van der Waals surface area contributed by atoms with Gasteiger partial charge in [0.25, 0.3) is 0 Å². The van der Waals surface area contributed by atoms with Gasteiger partial charge in [0.2, 0.25) is 11.8 Å². The van der Waals surface area contributed by atoms with Crippen molar-refractivity contribution in [2.24, 2.45) is 11.8 Å². The van der Waals surface area contributed by atoms with E-state index in [0.717, 1.165) is 51.2 Å². The highest BCUT2D eigenvalue weighted by molar-refractivity contribution is 5.93. The van der Waals surface area contributed by atoms with Crippen molar-refractivity contribution in [3.05, 3.63) is 48.2 Å². The second-order valence-electron chi connectivity index (χ2n) is 9.87. The van der Waals surface area contributed by atoms with Crippen LogP contribution in [0.2, 0.25) is 0 Å². The molecule has 34 heavy (non-hydrogen) atoms. The Kier molecular flexibility index (Phi) is 5.67. The lowest BCUT2D eigenvalue weighted by Crippen LogP contribution is -2.45. The number of benzene rings is 1. The van der Waals surface area contributed by atoms with E-state index in [2.05, 4.69) is 27.3 Å². The Morgan fingerprint density at radius 3 is 2.94 bits per heavy atom. The predicted octanol–water partition coefficient (Wildman–Crippen LogP) is 1.33. The van der Waals surface area contributed by atoms with Gasteiger partial charge in [0.15, 0.2) is 0 Å². The van der Waals surface area contributed by atoms with Crippen LogP contribution in [-0.2, 0) is 25.5 Å². The maximum atomic E-state index is 13.5. The molecule has 4 aliphatic heterocycles. The molecule has 180 valence electrons. The van der Waals surface area contributed by atoms with Gasteiger partial charge < -0.3 is 24.7 Å². The number of para-hydroxylation sites is 1. The maximum Gasteiger partial charge on any atom is 0.230 e. The summed E-state index contributed by atoms with van der Waals surface area (Å²) in [6, 6.07) is 8.21. The molecule has 5 heterocycles. The summed E-state index contributed by atoms with van der Waals surface area (Å²) in [4.78, 5) is 34.1. The number of aromatic nitrogens is 1. The first kappa shape index (κ1) is 21.8. The van der Waals surface area contributed by atoms with E-state index >= 15 is 0 Å². The smallest absolute Gasteiger partial charge is 0.230 e. The molecule has 8 heteroatoms. The molecular formula is C26H32N4O4. The molecule has 2 amide bonds. The minimum atomic E-state index is -0.655. The van der Waals surface area contributed by atoms with Crippen molar-refractivity contribution >= 4 is 22.7 Å². The maximum absolute atomic E-state index is 13.5. The molecule has 1 spiro atoms. The molecule has 4 atom stereocenters. The number of hydrogen-bond donors (Lipinski definition) is 2. The number of likely N-dealkylation sites (tertiary alicyclic amines) is 1. The van der Waals surface area contributed by atoms with E-state index in [1.54, 1.807) is 0 Å². The third kappa shape index (κ3) is 3.74. The Bertz CT molecular complexity index is 1110. The summed E-state index contributed by atoms with van der Waals surface area (Å²) in [6.07, 6.45) is 7.38. The van der Waals surface area contributed by atoms with Gasteiger partial charge in [-0.1, -0.05) is 30.4 Å². The lowest BCUT2D eigenvalue weighted by atomic mass is 9.77. The summed E-state index contributed by atoms with van der Waals surface area (Å²) < 4.78 is 11.7. The third-order valence-corrected chi connectivity index (χ3v) is 7.86. The largest absolute Gasteiger partial charge is 0.379 e. The van der Waals surface area contributed by atoms with Gasteiger partial charge in [0.1, 0.15) is 5.60 Å². The number of amides is 2. The fourth-order valence-corrected chi connectivity index (χ4v) is 6.12. The van der Waals surface area contributed by atoms with Crippen LogP contribution in [0.25, 0.3) is 10.9 Å². The van der Waals surface area contributed by atoms with E-state index in [1.165, 1.54) is 10.9 Å². The van der Waals surface area contributed by atoms with Gasteiger partial charge in [-0.3, -0.25) is 14.5 Å². The zero-order chi connectivity index (χ0) is 23.1. The fraction of sp³-hybridized carbons (Fsp3) is 0.538. The van der Waals surface area contributed by atoms with E-state index in [1.807, 2.05) is 35.4 Å². The number of ether oxygens (including phenoxy) is 2. The molecule has 2 N–H and O–H groups in total. The summed E-state index contributed by atoms with van der Waals surface area (Å²) in [7, 11) is 0. The van der Waals surface area contributed by atoms with E-state index in [0.29, 0.717) is 19.6 Å². The standard InChI is InChI=1S/C26H32N4O4/c31-24(27-9-3-10-29-12-14-33-15-13-29)22-21-6-8-26(34-21)17-30(25(32)23(22)26)11-7-18-16-28-20-5-2-1-4-19(18)20/h1-2,4-6,8,16,21-23,28H,3,7,9-15,17H2,(H,27,31)/t21-,22?,23?,26-/m1/s1. The average molecular weight is 465 g/mol. The van der Waals surface area contributed by atoms with Crippen molar-refractivity contribution in [1.29, 1.82) is 0 Å². The minimum absolute atomic E-state index is 0.0418. The van der Waals surface area contributed by atoms with Crippen LogP contribution in [0.3, 0.4) is 0 Å². The van der Waals surface area contributed by atoms with Crippen molar-refractivity contribution in [2.75, 3.05) is 52.5 Å². The number of nitrogens with zero attached hydrogens (tertiary/aromatic N) is 2. The number of aromatic amines is 1. The first-order valence-corrected chi connectivity index (χ1v) is 12.4. The molecule has 3 saturated heterocycles. The lowest BCUT2D eigenvalue weighted by Gasteiger charge is -2.27. The molecule has 4 aliphatic rings. The predicted molar refractivity (Wildman–Crippen MR) is 127 cm³/mol. The second-order valence-corrected chi connectivity index (χ2v) is 9.87. The molecule has 3 fully saturated rings. The topological polar surface area (TPSA) is 86.9 Å². The highest BCUT2D eigenvalue weighted by Gasteiger charge is 2.66. The number of rotatable bonds is 8. The number of fused-ring (bicyclic) bond motifs is 2. The zero-order valence-electron chi connectivity index (χ0n) is 19.4. The van der Waals surface area contributed by atoms with Crippen LogP contribution in [0.5, 0.6) is 0 Å². The molecule has 0 radical (unpaired) electrons. The lowest BCUT2D eigenvalue weighted by molar-refractivity contribution is -0.137. The van der Waals surface area contributed by atoms with Crippen LogP contribution in [0.1, 0.15) is 12.0 Å². The Balaban J connectivity index is 1.07. The normalized spacial score (nSPS) is 30.4. The summed E-state index contributed by atoms with van der Waals surface area (Å²) in [5.74, 6) is -0.890. The van der Waals surface area contributed by atoms with Gasteiger partial charge in [0.05, 0.1) is 37.7 Å². The number of carbonyl (C=O) groups is 2. The van der Waals surface area contributed by atoms with Crippen molar-refractivity contribution < 1.29 is 19.1 Å². The number of hydrogen-bond acceptors (Lipinski definition) is 5. The van der Waals surface area contributed by atoms with Gasteiger partial charge in [-0.2, -0.15) is 0 Å². The summed E-state index contributed by atoms with van der Waals surface area (Å²) in [5.41, 5.74) is 1.65. The van der Waals surface area contributed by atoms with Crippen molar-refractivity contribution in [3.8, 4) is 0 Å². The van der Waals surface area contributed by atoms with E-state index in [-0.39, 0.29) is 17.9 Å². The quantitative estimate of drug-likeness (QED) is 0.455. The molecule has 2 unspecified atom stereocenters. The average Bonchev–Trinajstić information content (AvgIpc) is 3.61. The molecule has 1 aromatic carbocycles. The molecular weight excluding hydrogens is 432 g/mol. The number of nitrogens with one attached hydrogen (secondary N) is 2. The second kappa shape index (κ2) is 8.83. The van der Waals surface area contributed by atoms with Gasteiger partial charge in [-0.25, -0.2) is 0 Å². The Morgan fingerprint density at radius 2 is 2.06 bits per heavy atom. The molecule has 6 rings (SSSR count). The minimum Gasteiger partial charge on any atom is -0.379 e. The highest BCUT2D eigenvalue weighted by Crippen LogP contribution is 2.51. The third-order valence-electron chi connectivity index (χ3n) is 7.86. The van der Waals surface area contributed by atoms with Gasteiger partial charge >= 0.3 is 0 Å². The number of H-pyrrole nitrogens is 1. The van der Waals surface area contributed by atoms with Crippen molar-refractivity contribution in [3.63, 3.8) is 0 Å². The number of morpholine rings is 1. The monoisotopic (exact) mass is 464 g/mol. The molecule has 1 aromatic heterocycles. The number of carbonyl (C=O) groups excluding carboxylic acids is 2. The SMILES string of the molecule is O=C(NCCCN1CCOCC1)C1C2C(=O)N(CCc3c[nH]c4ccccc34)C[C@]23C=C[C@H]1O3. The molecule has 8 nitrogen and oxygen atoms in total. The molecule has 0 aliphatic carbocycles. The Labute approximate surface area is 199 Å². The van der Waals surface area contributed by atoms with Crippen LogP contribution in [0.4, 0.5) is 0 Å². The van der Waals surface area contributed by atoms with Crippen molar-refractivity contribution in [2.45, 2.75) is 24.5 Å². The van der Waals surface area contributed by atoms with Crippen LogP contribution in [-0.4, -0.2) is 90.8 Å². The van der Waals surface area contributed by atoms with E-state index in [4.69, 9.17) is 9.47 Å². The molecule has 2 aromatic rings. The summed E-state index contributed by atoms with van der Waals surface area (Å²) >= 11 is 0. The van der Waals surface area contributed by atoms with Crippen molar-refractivity contribution in [1.82, 2.24) is 20.1 Å². The Hall–Kier alpha value is -2.68. The van der Waals surface area contributed by atoms with Crippen LogP contribution in [0, 0.1) is 11.8 Å². The highest BCUT2D eigenvalue weighted by atomic mass is 16.5. The van der Waals surface area contributed by atoms with Crippen LogP contribution < -0.4 is 5.32 Å². The fourth-order valence-electron chi connectivity index (χ4n) is 6.12. The van der Waals surface area contributed by atoms with Gasteiger partial charge in [-0.15, -0.1) is 0 Å². The first-order valence-electron chi connectivity index (χ1n) is 12.4. The first-order chi connectivity index (χ1) is 16.6. The van der Waals surface area contributed by atoms with Crippen LogP contribution in [0.15, 0.2) is 42.6 Å². The van der Waals surface area contributed by atoms with E-state index in [9.17, 15) is 9.59 Å². The molecule has 2 bridgehead atoms. The summed E-state index contributed by atoms with van der Waals surface area (Å²) in [6.45, 7) is 6.16. The Morgan fingerprint density at radius 1 is 1.21 bits per heavy atom.